The van der Waals surface area contributed by atoms with Gasteiger partial charge in [-0.3, -0.25) is 4.99 Å². The van der Waals surface area contributed by atoms with Crippen molar-refractivity contribution in [2.75, 3.05) is 20.7 Å². The lowest BCUT2D eigenvalue weighted by atomic mass is 10.1. The summed E-state index contributed by atoms with van der Waals surface area (Å²) in [6.07, 6.45) is 0. The number of aryl methyl sites for hydroxylation is 1. The van der Waals surface area contributed by atoms with E-state index in [4.69, 9.17) is 4.74 Å². The summed E-state index contributed by atoms with van der Waals surface area (Å²) in [4.78, 5) is 4.20. The lowest BCUT2D eigenvalue weighted by molar-refractivity contribution is 0.0268. The van der Waals surface area contributed by atoms with Gasteiger partial charge in [0.15, 0.2) is 5.96 Å². The molecular formula is C15H26IN3O. The van der Waals surface area contributed by atoms with Gasteiger partial charge in [0, 0.05) is 27.2 Å². The number of halogens is 1. The summed E-state index contributed by atoms with van der Waals surface area (Å²) in [6.45, 7) is 7.63. The molecular weight excluding hydrogens is 365 g/mol. The minimum Gasteiger partial charge on any atom is -0.377 e. The fraction of sp³-hybridized carbons (Fsp3) is 0.533. The van der Waals surface area contributed by atoms with Crippen molar-refractivity contribution in [3.8, 4) is 0 Å². The van der Waals surface area contributed by atoms with E-state index in [1.54, 1.807) is 14.2 Å². The molecule has 0 atom stereocenters. The molecule has 5 heteroatoms. The molecule has 0 spiro atoms. The highest BCUT2D eigenvalue weighted by Gasteiger charge is 2.16. The van der Waals surface area contributed by atoms with Crippen LogP contribution in [-0.4, -0.2) is 32.3 Å². The van der Waals surface area contributed by atoms with Gasteiger partial charge in [0.25, 0.3) is 0 Å². The van der Waals surface area contributed by atoms with Gasteiger partial charge in [0.1, 0.15) is 0 Å². The molecule has 0 fully saturated rings. The van der Waals surface area contributed by atoms with E-state index in [2.05, 4.69) is 46.8 Å². The summed E-state index contributed by atoms with van der Waals surface area (Å²) in [5, 5.41) is 6.55. The van der Waals surface area contributed by atoms with Gasteiger partial charge in [-0.1, -0.05) is 29.8 Å². The molecule has 0 radical (unpaired) electrons. The van der Waals surface area contributed by atoms with Gasteiger partial charge in [0.05, 0.1) is 5.60 Å². The van der Waals surface area contributed by atoms with Crippen LogP contribution < -0.4 is 10.6 Å². The molecule has 0 heterocycles. The highest BCUT2D eigenvalue weighted by atomic mass is 127. The number of nitrogens with one attached hydrogen (secondary N) is 2. The molecule has 0 aromatic heterocycles. The normalized spacial score (nSPS) is 11.8. The Morgan fingerprint density at radius 2 is 2.00 bits per heavy atom. The number of hydrogen-bond donors (Lipinski definition) is 2. The maximum Gasteiger partial charge on any atom is 0.191 e. The summed E-state index contributed by atoms with van der Waals surface area (Å²) in [6, 6.07) is 8.43. The van der Waals surface area contributed by atoms with E-state index >= 15 is 0 Å². The molecule has 0 saturated heterocycles. The van der Waals surface area contributed by atoms with E-state index in [9.17, 15) is 0 Å². The number of ether oxygens (including phenoxy) is 1. The monoisotopic (exact) mass is 391 g/mol. The predicted molar refractivity (Wildman–Crippen MR) is 95.9 cm³/mol. The van der Waals surface area contributed by atoms with Crippen molar-refractivity contribution < 1.29 is 4.74 Å². The first kappa shape index (κ1) is 19.2. The molecule has 0 aliphatic carbocycles. The fourth-order valence-electron chi connectivity index (χ4n) is 1.60. The average Bonchev–Trinajstić information content (AvgIpc) is 2.39. The van der Waals surface area contributed by atoms with E-state index in [-0.39, 0.29) is 29.6 Å². The van der Waals surface area contributed by atoms with Crippen molar-refractivity contribution in [2.45, 2.75) is 32.9 Å². The molecule has 0 saturated carbocycles. The minimum absolute atomic E-state index is 0. The van der Waals surface area contributed by atoms with Gasteiger partial charge in [-0.2, -0.15) is 0 Å². The van der Waals surface area contributed by atoms with Crippen LogP contribution in [0.2, 0.25) is 0 Å². The first-order chi connectivity index (χ1) is 8.96. The molecule has 20 heavy (non-hydrogen) atoms. The zero-order valence-corrected chi connectivity index (χ0v) is 15.3. The van der Waals surface area contributed by atoms with E-state index < -0.39 is 0 Å². The van der Waals surface area contributed by atoms with Crippen LogP contribution in [0, 0.1) is 6.92 Å². The number of hydrogen-bond acceptors (Lipinski definition) is 2. The number of rotatable bonds is 5. The third-order valence-corrected chi connectivity index (χ3v) is 3.00. The van der Waals surface area contributed by atoms with E-state index in [0.717, 1.165) is 12.5 Å². The molecule has 2 N–H and O–H groups in total. The zero-order chi connectivity index (χ0) is 14.3. The van der Waals surface area contributed by atoms with Crippen LogP contribution in [0.3, 0.4) is 0 Å². The summed E-state index contributed by atoms with van der Waals surface area (Å²) in [5.74, 6) is 0.784. The molecule has 0 aliphatic rings. The third-order valence-electron chi connectivity index (χ3n) is 3.00. The summed E-state index contributed by atoms with van der Waals surface area (Å²) in [5.41, 5.74) is 2.30. The second-order valence-electron chi connectivity index (χ2n) is 5.23. The van der Waals surface area contributed by atoms with Gasteiger partial charge < -0.3 is 15.4 Å². The van der Waals surface area contributed by atoms with Crippen LogP contribution in [0.25, 0.3) is 0 Å². The minimum atomic E-state index is -0.207. The van der Waals surface area contributed by atoms with Gasteiger partial charge in [-0.15, -0.1) is 24.0 Å². The Hall–Kier alpha value is -0.820. The Balaban J connectivity index is 0.00000361. The van der Waals surface area contributed by atoms with Crippen LogP contribution in [0.15, 0.2) is 29.3 Å². The standard InChI is InChI=1S/C15H25N3O.HI/c1-12-7-6-8-13(9-12)10-17-14(16-4)18-11-15(2,3)19-5;/h6-9H,10-11H2,1-5H3,(H2,16,17,18);1H. The lowest BCUT2D eigenvalue weighted by Crippen LogP contribution is -2.45. The topological polar surface area (TPSA) is 45.7 Å². The second kappa shape index (κ2) is 9.18. The molecule has 0 amide bonds. The van der Waals surface area contributed by atoms with Crippen LogP contribution in [-0.2, 0) is 11.3 Å². The van der Waals surface area contributed by atoms with Gasteiger partial charge in [-0.25, -0.2) is 0 Å². The molecule has 0 aliphatic heterocycles. The number of aliphatic imine (C=N–C) groups is 1. The summed E-state index contributed by atoms with van der Waals surface area (Å²) < 4.78 is 5.37. The van der Waals surface area contributed by atoms with Crippen LogP contribution in [0.1, 0.15) is 25.0 Å². The van der Waals surface area contributed by atoms with Crippen molar-refractivity contribution in [1.29, 1.82) is 0 Å². The third kappa shape index (κ3) is 7.09. The molecule has 114 valence electrons. The van der Waals surface area contributed by atoms with Crippen LogP contribution in [0.4, 0.5) is 0 Å². The van der Waals surface area contributed by atoms with Crippen LogP contribution in [0.5, 0.6) is 0 Å². The van der Waals surface area contributed by atoms with E-state index in [0.29, 0.717) is 6.54 Å². The van der Waals surface area contributed by atoms with Gasteiger partial charge in [0.2, 0.25) is 0 Å². The largest absolute Gasteiger partial charge is 0.377 e. The van der Waals surface area contributed by atoms with Crippen molar-refractivity contribution in [3.63, 3.8) is 0 Å². The molecule has 0 bridgehead atoms. The van der Waals surface area contributed by atoms with Crippen molar-refractivity contribution in [1.82, 2.24) is 10.6 Å². The molecule has 4 nitrogen and oxygen atoms in total. The Labute approximate surface area is 139 Å². The van der Waals surface area contributed by atoms with E-state index in [1.165, 1.54) is 11.1 Å². The van der Waals surface area contributed by atoms with Crippen molar-refractivity contribution in [3.05, 3.63) is 35.4 Å². The number of benzene rings is 1. The average molecular weight is 391 g/mol. The molecule has 0 unspecified atom stereocenters. The molecule has 1 rings (SSSR count). The fourth-order valence-corrected chi connectivity index (χ4v) is 1.60. The Bertz CT molecular complexity index is 433. The zero-order valence-electron chi connectivity index (χ0n) is 13.0. The van der Waals surface area contributed by atoms with Gasteiger partial charge in [-0.05, 0) is 26.3 Å². The first-order valence-corrected chi connectivity index (χ1v) is 6.52. The first-order valence-electron chi connectivity index (χ1n) is 6.52. The van der Waals surface area contributed by atoms with Crippen molar-refractivity contribution >= 4 is 29.9 Å². The van der Waals surface area contributed by atoms with Crippen molar-refractivity contribution in [2.24, 2.45) is 4.99 Å². The number of guanidine groups is 1. The quantitative estimate of drug-likeness (QED) is 0.461. The smallest absolute Gasteiger partial charge is 0.191 e. The number of nitrogens with zero attached hydrogens (tertiary/aromatic N) is 1. The van der Waals surface area contributed by atoms with E-state index in [1.807, 2.05) is 13.8 Å². The highest BCUT2D eigenvalue weighted by molar-refractivity contribution is 14.0. The van der Waals surface area contributed by atoms with Crippen LogP contribution >= 0.6 is 24.0 Å². The lowest BCUT2D eigenvalue weighted by Gasteiger charge is -2.24. The maximum absolute atomic E-state index is 5.37. The summed E-state index contributed by atoms with van der Waals surface area (Å²) in [7, 11) is 3.48. The predicted octanol–water partition coefficient (Wildman–Crippen LogP) is 2.70. The second-order valence-corrected chi connectivity index (χ2v) is 5.23. The SMILES string of the molecule is CN=C(NCc1cccc(C)c1)NCC(C)(C)OC.I. The maximum atomic E-state index is 5.37. The number of methoxy groups -OCH3 is 1. The Morgan fingerprint density at radius 1 is 1.30 bits per heavy atom. The Morgan fingerprint density at radius 3 is 2.55 bits per heavy atom. The highest BCUT2D eigenvalue weighted by Crippen LogP contribution is 2.05. The van der Waals surface area contributed by atoms with Gasteiger partial charge >= 0.3 is 0 Å². The molecule has 1 aromatic rings. The summed E-state index contributed by atoms with van der Waals surface area (Å²) >= 11 is 0. The Kier molecular flexibility index (Phi) is 8.80. The molecule has 1 aromatic carbocycles.